The first-order valence-corrected chi connectivity index (χ1v) is 6.40. The fraction of sp³-hybridized carbons (Fsp3) is 0.154. The number of aromatic nitrogens is 1. The van der Waals surface area contributed by atoms with Gasteiger partial charge >= 0.3 is 0 Å². The van der Waals surface area contributed by atoms with Crippen molar-refractivity contribution < 1.29 is 13.5 Å². The van der Waals surface area contributed by atoms with Gasteiger partial charge in [0.1, 0.15) is 5.75 Å². The van der Waals surface area contributed by atoms with E-state index < -0.39 is 11.6 Å². The minimum Gasteiger partial charge on any atom is -0.452 e. The molecule has 3 nitrogen and oxygen atoms in total. The summed E-state index contributed by atoms with van der Waals surface area (Å²) in [6.45, 7) is 2.67. The van der Waals surface area contributed by atoms with Crippen LogP contribution in [0.5, 0.6) is 11.5 Å². The summed E-state index contributed by atoms with van der Waals surface area (Å²) >= 11 is 3.09. The predicted molar refractivity (Wildman–Crippen MR) is 72.5 cm³/mol. The second kappa shape index (κ2) is 5.97. The van der Waals surface area contributed by atoms with Gasteiger partial charge in [-0.05, 0) is 19.1 Å². The largest absolute Gasteiger partial charge is 0.452 e. The molecule has 0 fully saturated rings. The Labute approximate surface area is 117 Å². The van der Waals surface area contributed by atoms with Crippen LogP contribution in [0.3, 0.4) is 0 Å². The smallest absolute Gasteiger partial charge is 0.201 e. The fourth-order valence-electron chi connectivity index (χ4n) is 1.51. The van der Waals surface area contributed by atoms with E-state index in [-0.39, 0.29) is 5.75 Å². The highest BCUT2D eigenvalue weighted by atomic mass is 79.9. The first-order valence-electron chi connectivity index (χ1n) is 5.61. The Hall–Kier alpha value is -1.69. The Morgan fingerprint density at radius 3 is 2.79 bits per heavy atom. The Morgan fingerprint density at radius 1 is 1.26 bits per heavy atom. The van der Waals surface area contributed by atoms with Crippen LogP contribution in [-0.2, 0) is 0 Å². The van der Waals surface area contributed by atoms with Gasteiger partial charge < -0.3 is 10.1 Å². The number of rotatable bonds is 4. The number of halogens is 3. The van der Waals surface area contributed by atoms with Gasteiger partial charge in [0.2, 0.25) is 5.82 Å². The molecule has 0 atom stereocenters. The third-order valence-corrected chi connectivity index (χ3v) is 2.74. The molecule has 1 aromatic carbocycles. The van der Waals surface area contributed by atoms with Crippen molar-refractivity contribution in [2.24, 2.45) is 0 Å². The maximum Gasteiger partial charge on any atom is 0.201 e. The van der Waals surface area contributed by atoms with Crippen LogP contribution in [0.25, 0.3) is 0 Å². The van der Waals surface area contributed by atoms with Crippen molar-refractivity contribution in [1.82, 2.24) is 4.98 Å². The average Bonchev–Trinajstić information content (AvgIpc) is 2.36. The molecule has 0 unspecified atom stereocenters. The quantitative estimate of drug-likeness (QED) is 0.847. The number of benzene rings is 1. The van der Waals surface area contributed by atoms with Crippen molar-refractivity contribution in [3.63, 3.8) is 0 Å². The molecule has 1 heterocycles. The van der Waals surface area contributed by atoms with E-state index in [0.29, 0.717) is 10.2 Å². The Kier molecular flexibility index (Phi) is 4.31. The van der Waals surface area contributed by atoms with Gasteiger partial charge in [0, 0.05) is 17.1 Å². The lowest BCUT2D eigenvalue weighted by Crippen LogP contribution is -1.98. The van der Waals surface area contributed by atoms with E-state index in [9.17, 15) is 8.78 Å². The van der Waals surface area contributed by atoms with Gasteiger partial charge in [0.15, 0.2) is 11.6 Å². The minimum absolute atomic E-state index is 0.192. The summed E-state index contributed by atoms with van der Waals surface area (Å²) in [7, 11) is 0. The molecule has 2 rings (SSSR count). The van der Waals surface area contributed by atoms with Crippen LogP contribution < -0.4 is 10.1 Å². The highest BCUT2D eigenvalue weighted by Gasteiger charge is 2.12. The normalized spacial score (nSPS) is 10.3. The van der Waals surface area contributed by atoms with Crippen LogP contribution in [0.15, 0.2) is 35.1 Å². The molecule has 6 heteroatoms. The molecular formula is C13H11BrF2N2O. The van der Waals surface area contributed by atoms with Gasteiger partial charge in [0.25, 0.3) is 0 Å². The summed E-state index contributed by atoms with van der Waals surface area (Å²) in [6, 6.07) is 4.06. The van der Waals surface area contributed by atoms with Crippen molar-refractivity contribution in [3.05, 3.63) is 46.7 Å². The van der Waals surface area contributed by atoms with Crippen LogP contribution in [0.1, 0.15) is 6.92 Å². The van der Waals surface area contributed by atoms with E-state index in [1.54, 1.807) is 12.3 Å². The lowest BCUT2D eigenvalue weighted by molar-refractivity contribution is 0.414. The monoisotopic (exact) mass is 328 g/mol. The van der Waals surface area contributed by atoms with Crippen LogP contribution in [-0.4, -0.2) is 11.5 Å². The van der Waals surface area contributed by atoms with Crippen molar-refractivity contribution in [3.8, 4) is 11.5 Å². The molecule has 0 saturated heterocycles. The number of hydrogen-bond acceptors (Lipinski definition) is 3. The molecule has 0 bridgehead atoms. The molecule has 0 radical (unpaired) electrons. The number of nitrogens with one attached hydrogen (secondary N) is 1. The first-order chi connectivity index (χ1) is 9.10. The van der Waals surface area contributed by atoms with Gasteiger partial charge in [-0.1, -0.05) is 15.9 Å². The van der Waals surface area contributed by atoms with Gasteiger partial charge in [-0.2, -0.15) is 4.39 Å². The number of nitrogens with zero attached hydrogens (tertiary/aromatic N) is 1. The van der Waals surface area contributed by atoms with Crippen LogP contribution in [0.2, 0.25) is 0 Å². The summed E-state index contributed by atoms with van der Waals surface area (Å²) in [5, 5.41) is 3.05. The SMILES string of the molecule is CCNc1cncc(Oc2cc(Br)cc(F)c2F)c1. The van der Waals surface area contributed by atoms with Crippen LogP contribution >= 0.6 is 15.9 Å². The van der Waals surface area contributed by atoms with E-state index in [1.165, 1.54) is 12.3 Å². The van der Waals surface area contributed by atoms with E-state index >= 15 is 0 Å². The lowest BCUT2D eigenvalue weighted by atomic mass is 10.3. The highest BCUT2D eigenvalue weighted by Crippen LogP contribution is 2.30. The topological polar surface area (TPSA) is 34.2 Å². The van der Waals surface area contributed by atoms with E-state index in [1.807, 2.05) is 6.92 Å². The second-order valence-corrected chi connectivity index (χ2v) is 4.66. The summed E-state index contributed by atoms with van der Waals surface area (Å²) in [5.74, 6) is -1.87. The van der Waals surface area contributed by atoms with Gasteiger partial charge in [0.05, 0.1) is 18.1 Å². The second-order valence-electron chi connectivity index (χ2n) is 3.74. The lowest BCUT2D eigenvalue weighted by Gasteiger charge is -2.09. The molecule has 0 aliphatic carbocycles. The average molecular weight is 329 g/mol. The Morgan fingerprint density at radius 2 is 2.05 bits per heavy atom. The molecule has 0 saturated carbocycles. The zero-order chi connectivity index (χ0) is 13.8. The zero-order valence-corrected chi connectivity index (χ0v) is 11.7. The molecule has 0 aliphatic heterocycles. The van der Waals surface area contributed by atoms with Crippen LogP contribution in [0, 0.1) is 11.6 Å². The van der Waals surface area contributed by atoms with E-state index in [0.717, 1.165) is 18.3 Å². The van der Waals surface area contributed by atoms with Crippen molar-refractivity contribution in [2.75, 3.05) is 11.9 Å². The van der Waals surface area contributed by atoms with Gasteiger partial charge in [-0.3, -0.25) is 4.98 Å². The first kappa shape index (κ1) is 13.7. The third kappa shape index (κ3) is 3.41. The molecule has 100 valence electrons. The maximum absolute atomic E-state index is 13.6. The number of pyridine rings is 1. The molecule has 0 aliphatic rings. The fourth-order valence-corrected chi connectivity index (χ4v) is 1.92. The van der Waals surface area contributed by atoms with Gasteiger partial charge in [-0.25, -0.2) is 4.39 Å². The van der Waals surface area contributed by atoms with Crippen molar-refractivity contribution >= 4 is 21.6 Å². The van der Waals surface area contributed by atoms with Crippen LogP contribution in [0.4, 0.5) is 14.5 Å². The standard InChI is InChI=1S/C13H11BrF2N2O/c1-2-18-9-5-10(7-17-6-9)19-12-4-8(14)3-11(15)13(12)16/h3-7,18H,2H2,1H3. The molecule has 1 aromatic heterocycles. The molecule has 0 spiro atoms. The van der Waals surface area contributed by atoms with Gasteiger partial charge in [-0.15, -0.1) is 0 Å². The third-order valence-electron chi connectivity index (χ3n) is 2.28. The highest BCUT2D eigenvalue weighted by molar-refractivity contribution is 9.10. The number of anilines is 1. The van der Waals surface area contributed by atoms with E-state index in [4.69, 9.17) is 4.74 Å². The minimum atomic E-state index is -1.03. The Balaban J connectivity index is 2.28. The number of hydrogen-bond donors (Lipinski definition) is 1. The van der Waals surface area contributed by atoms with Crippen molar-refractivity contribution in [2.45, 2.75) is 6.92 Å². The van der Waals surface area contributed by atoms with E-state index in [2.05, 4.69) is 26.2 Å². The number of ether oxygens (including phenoxy) is 1. The van der Waals surface area contributed by atoms with Crippen molar-refractivity contribution in [1.29, 1.82) is 0 Å². The molecule has 2 aromatic rings. The predicted octanol–water partition coefficient (Wildman–Crippen LogP) is 4.35. The summed E-state index contributed by atoms with van der Waals surface area (Å²) in [6.07, 6.45) is 3.05. The summed E-state index contributed by atoms with van der Waals surface area (Å²) in [4.78, 5) is 3.96. The summed E-state index contributed by atoms with van der Waals surface area (Å²) in [5.41, 5.74) is 0.746. The molecule has 0 amide bonds. The maximum atomic E-state index is 13.6. The summed E-state index contributed by atoms with van der Waals surface area (Å²) < 4.78 is 32.5. The molecule has 1 N–H and O–H groups in total. The molecule has 19 heavy (non-hydrogen) atoms. The Bertz CT molecular complexity index is 593. The zero-order valence-electron chi connectivity index (χ0n) is 10.1. The molecular weight excluding hydrogens is 318 g/mol.